The predicted molar refractivity (Wildman–Crippen MR) is 106 cm³/mol. The summed E-state index contributed by atoms with van der Waals surface area (Å²) in [6.07, 6.45) is 4.40. The molecule has 1 unspecified atom stereocenters. The van der Waals surface area contributed by atoms with Gasteiger partial charge in [0.05, 0.1) is 5.39 Å². The fraction of sp³-hybridized carbons (Fsp3) is 0.381. The van der Waals surface area contributed by atoms with E-state index in [1.807, 2.05) is 19.1 Å². The number of aromatic nitrogens is 3. The van der Waals surface area contributed by atoms with Gasteiger partial charge in [-0.15, -0.1) is 0 Å². The van der Waals surface area contributed by atoms with Crippen molar-refractivity contribution in [2.75, 3.05) is 23.3 Å². The first kappa shape index (κ1) is 16.8. The molecule has 1 atom stereocenters. The molecule has 1 N–H and O–H groups in total. The summed E-state index contributed by atoms with van der Waals surface area (Å²) in [5.41, 5.74) is 3.30. The maximum atomic E-state index is 4.55. The van der Waals surface area contributed by atoms with E-state index in [4.69, 9.17) is 0 Å². The Labute approximate surface area is 154 Å². The van der Waals surface area contributed by atoms with Gasteiger partial charge in [-0.2, -0.15) is 0 Å². The van der Waals surface area contributed by atoms with Crippen LogP contribution in [0.2, 0.25) is 0 Å². The van der Waals surface area contributed by atoms with Crippen LogP contribution in [0.25, 0.3) is 11.0 Å². The van der Waals surface area contributed by atoms with Crippen LogP contribution in [0.15, 0.2) is 42.6 Å². The number of benzene rings is 1. The highest BCUT2D eigenvalue weighted by Gasteiger charge is 2.16. The fourth-order valence-electron chi connectivity index (χ4n) is 3.64. The minimum absolute atomic E-state index is 0.730. The Morgan fingerprint density at radius 1 is 1.15 bits per heavy atom. The third-order valence-corrected chi connectivity index (χ3v) is 5.00. The summed E-state index contributed by atoms with van der Waals surface area (Å²) in [5.74, 6) is 2.36. The SMILES string of the molecule is Cc1nc(NCc2ccc(N3CCCC(C)C3)cc2)c2cccnc2n1. The molecule has 2 aromatic heterocycles. The number of hydrogen-bond donors (Lipinski definition) is 1. The van der Waals surface area contributed by atoms with Gasteiger partial charge in [0.15, 0.2) is 5.65 Å². The minimum atomic E-state index is 0.730. The van der Waals surface area contributed by atoms with Crippen molar-refractivity contribution in [3.8, 4) is 0 Å². The van der Waals surface area contributed by atoms with Crippen molar-refractivity contribution in [3.63, 3.8) is 0 Å². The van der Waals surface area contributed by atoms with E-state index in [1.165, 1.54) is 30.6 Å². The second-order valence-corrected chi connectivity index (χ2v) is 7.21. The maximum Gasteiger partial charge on any atom is 0.164 e. The van der Waals surface area contributed by atoms with Gasteiger partial charge in [-0.05, 0) is 55.5 Å². The molecule has 1 aromatic carbocycles. The largest absolute Gasteiger partial charge is 0.371 e. The highest BCUT2D eigenvalue weighted by atomic mass is 15.1. The predicted octanol–water partition coefficient (Wildman–Crippen LogP) is 4.18. The zero-order valence-electron chi connectivity index (χ0n) is 15.4. The van der Waals surface area contributed by atoms with Crippen molar-refractivity contribution in [2.24, 2.45) is 5.92 Å². The van der Waals surface area contributed by atoms with Crippen molar-refractivity contribution in [1.82, 2.24) is 15.0 Å². The summed E-state index contributed by atoms with van der Waals surface area (Å²) >= 11 is 0. The van der Waals surface area contributed by atoms with E-state index in [-0.39, 0.29) is 0 Å². The Morgan fingerprint density at radius 3 is 2.81 bits per heavy atom. The molecule has 5 heteroatoms. The molecule has 4 rings (SSSR count). The molecule has 0 bridgehead atoms. The van der Waals surface area contributed by atoms with Crippen molar-refractivity contribution < 1.29 is 0 Å². The lowest BCUT2D eigenvalue weighted by Crippen LogP contribution is -2.34. The minimum Gasteiger partial charge on any atom is -0.371 e. The van der Waals surface area contributed by atoms with E-state index in [1.54, 1.807) is 6.20 Å². The highest BCUT2D eigenvalue weighted by molar-refractivity contribution is 5.86. The summed E-state index contributed by atoms with van der Waals surface area (Å²) < 4.78 is 0. The molecule has 0 amide bonds. The van der Waals surface area contributed by atoms with Crippen molar-refractivity contribution in [1.29, 1.82) is 0 Å². The van der Waals surface area contributed by atoms with E-state index < -0.39 is 0 Å². The molecule has 1 aliphatic rings. The third-order valence-electron chi connectivity index (χ3n) is 5.00. The molecule has 3 aromatic rings. The van der Waals surface area contributed by atoms with Crippen LogP contribution >= 0.6 is 0 Å². The van der Waals surface area contributed by atoms with Gasteiger partial charge in [-0.1, -0.05) is 19.1 Å². The van der Waals surface area contributed by atoms with E-state index in [9.17, 15) is 0 Å². The van der Waals surface area contributed by atoms with Crippen LogP contribution in [0.4, 0.5) is 11.5 Å². The summed E-state index contributed by atoms with van der Waals surface area (Å²) in [6.45, 7) is 7.30. The van der Waals surface area contributed by atoms with Crippen LogP contribution < -0.4 is 10.2 Å². The molecule has 0 saturated carbocycles. The first-order valence-electron chi connectivity index (χ1n) is 9.36. The molecule has 0 spiro atoms. The Morgan fingerprint density at radius 2 is 2.00 bits per heavy atom. The fourth-order valence-corrected chi connectivity index (χ4v) is 3.64. The van der Waals surface area contributed by atoms with E-state index in [0.717, 1.165) is 41.7 Å². The average Bonchev–Trinajstić information content (AvgIpc) is 2.66. The number of aryl methyl sites for hydroxylation is 1. The van der Waals surface area contributed by atoms with Crippen molar-refractivity contribution in [2.45, 2.75) is 33.2 Å². The average molecular weight is 347 g/mol. The summed E-state index contributed by atoms with van der Waals surface area (Å²) in [5, 5.41) is 4.40. The van der Waals surface area contributed by atoms with Crippen LogP contribution in [0.1, 0.15) is 31.2 Å². The first-order valence-corrected chi connectivity index (χ1v) is 9.36. The van der Waals surface area contributed by atoms with Gasteiger partial charge >= 0.3 is 0 Å². The number of anilines is 2. The zero-order valence-corrected chi connectivity index (χ0v) is 15.4. The van der Waals surface area contributed by atoms with Crippen LogP contribution in [-0.2, 0) is 6.54 Å². The second kappa shape index (κ2) is 7.28. The van der Waals surface area contributed by atoms with E-state index in [2.05, 4.69) is 56.4 Å². The van der Waals surface area contributed by atoms with Gasteiger partial charge < -0.3 is 10.2 Å². The monoisotopic (exact) mass is 347 g/mol. The smallest absolute Gasteiger partial charge is 0.164 e. The molecule has 0 aliphatic carbocycles. The molecule has 1 aliphatic heterocycles. The van der Waals surface area contributed by atoms with Crippen molar-refractivity contribution in [3.05, 3.63) is 54.0 Å². The highest BCUT2D eigenvalue weighted by Crippen LogP contribution is 2.24. The lowest BCUT2D eigenvalue weighted by molar-refractivity contribution is 0.447. The molecule has 5 nitrogen and oxygen atoms in total. The van der Waals surface area contributed by atoms with Gasteiger partial charge in [0.25, 0.3) is 0 Å². The number of hydrogen-bond acceptors (Lipinski definition) is 5. The molecule has 1 fully saturated rings. The van der Waals surface area contributed by atoms with Gasteiger partial charge in [0, 0.05) is 31.5 Å². The van der Waals surface area contributed by atoms with E-state index >= 15 is 0 Å². The van der Waals surface area contributed by atoms with Crippen molar-refractivity contribution >= 4 is 22.5 Å². The maximum absolute atomic E-state index is 4.55. The van der Waals surface area contributed by atoms with E-state index in [0.29, 0.717) is 0 Å². The number of nitrogens with one attached hydrogen (secondary N) is 1. The van der Waals surface area contributed by atoms with Gasteiger partial charge in [0.1, 0.15) is 11.6 Å². The normalized spacial score (nSPS) is 17.5. The van der Waals surface area contributed by atoms with Gasteiger partial charge in [-0.25, -0.2) is 15.0 Å². The summed E-state index contributed by atoms with van der Waals surface area (Å²) in [7, 11) is 0. The molecule has 26 heavy (non-hydrogen) atoms. The summed E-state index contributed by atoms with van der Waals surface area (Å²) in [6, 6.07) is 12.8. The third kappa shape index (κ3) is 3.62. The molecule has 134 valence electrons. The second-order valence-electron chi connectivity index (χ2n) is 7.21. The van der Waals surface area contributed by atoms with Crippen LogP contribution in [0.3, 0.4) is 0 Å². The molecular formula is C21H25N5. The molecule has 1 saturated heterocycles. The number of nitrogens with zero attached hydrogens (tertiary/aromatic N) is 4. The number of fused-ring (bicyclic) bond motifs is 1. The number of pyridine rings is 1. The lowest BCUT2D eigenvalue weighted by Gasteiger charge is -2.32. The Balaban J connectivity index is 1.47. The number of rotatable bonds is 4. The molecular weight excluding hydrogens is 322 g/mol. The standard InChI is InChI=1S/C21H25N5/c1-15-5-4-12-26(14-15)18-9-7-17(8-10-18)13-23-21-19-6-3-11-22-20(19)24-16(2)25-21/h3,6-11,15H,4-5,12-14H2,1-2H3,(H,22,23,24,25). The molecule has 0 radical (unpaired) electrons. The van der Waals surface area contributed by atoms with Crippen LogP contribution in [0, 0.1) is 12.8 Å². The first-order chi connectivity index (χ1) is 12.7. The Bertz CT molecular complexity index is 891. The van der Waals surface area contributed by atoms with Crippen LogP contribution in [0.5, 0.6) is 0 Å². The molecule has 3 heterocycles. The topological polar surface area (TPSA) is 53.9 Å². The number of piperidine rings is 1. The Kier molecular flexibility index (Phi) is 4.69. The van der Waals surface area contributed by atoms with Gasteiger partial charge in [-0.3, -0.25) is 0 Å². The summed E-state index contributed by atoms with van der Waals surface area (Å²) in [4.78, 5) is 15.8. The van der Waals surface area contributed by atoms with Gasteiger partial charge in [0.2, 0.25) is 0 Å². The zero-order chi connectivity index (χ0) is 17.9. The van der Waals surface area contributed by atoms with Crippen LogP contribution in [-0.4, -0.2) is 28.0 Å². The lowest BCUT2D eigenvalue weighted by atomic mass is 9.99. The Hall–Kier alpha value is -2.69. The quantitative estimate of drug-likeness (QED) is 0.767.